The summed E-state index contributed by atoms with van der Waals surface area (Å²) in [4.78, 5) is 13.8. The lowest BCUT2D eigenvalue weighted by Crippen LogP contribution is -2.42. The van der Waals surface area contributed by atoms with Crippen molar-refractivity contribution in [3.05, 3.63) is 11.6 Å². The smallest absolute Gasteiger partial charge is 0.410 e. The highest BCUT2D eigenvalue weighted by molar-refractivity contribution is 5.68. The predicted molar refractivity (Wildman–Crippen MR) is 79.2 cm³/mol. The molecule has 0 aliphatic carbocycles. The van der Waals surface area contributed by atoms with Crippen LogP contribution in [0, 0.1) is 0 Å². The topological polar surface area (TPSA) is 69.5 Å². The monoisotopic (exact) mass is 308 g/mol. The Morgan fingerprint density at radius 2 is 2.09 bits per heavy atom. The zero-order valence-electron chi connectivity index (χ0n) is 13.8. The molecule has 2 aliphatic heterocycles. The van der Waals surface area contributed by atoms with E-state index >= 15 is 0 Å². The van der Waals surface area contributed by atoms with Gasteiger partial charge in [0.05, 0.1) is 6.54 Å². The van der Waals surface area contributed by atoms with Crippen LogP contribution in [0.2, 0.25) is 0 Å². The first-order valence-corrected chi connectivity index (χ1v) is 7.83. The van der Waals surface area contributed by atoms with E-state index in [1.54, 1.807) is 4.90 Å². The van der Waals surface area contributed by atoms with E-state index in [-0.39, 0.29) is 11.7 Å². The highest BCUT2D eigenvalue weighted by Gasteiger charge is 2.39. The van der Waals surface area contributed by atoms with Crippen molar-refractivity contribution >= 4 is 6.09 Å². The van der Waals surface area contributed by atoms with E-state index in [1.165, 1.54) is 0 Å². The molecule has 122 valence electrons. The second-order valence-corrected chi connectivity index (χ2v) is 7.18. The molecule has 0 saturated carbocycles. The number of aromatic nitrogens is 3. The number of rotatable bonds is 1. The largest absolute Gasteiger partial charge is 0.444 e. The minimum absolute atomic E-state index is 0.299. The van der Waals surface area contributed by atoms with Crippen LogP contribution < -0.4 is 0 Å². The third kappa shape index (κ3) is 2.82. The molecule has 3 heterocycles. The standard InChI is InChI=1S/C15H24N4O3/c1-14(2,3)22-13(20)18-7-8-19-11(10-18)16-17-12(19)15(4)6-5-9-21-15/h5-10H2,1-4H3. The molecule has 2 aliphatic rings. The fraction of sp³-hybridized carbons (Fsp3) is 0.800. The normalized spacial score (nSPS) is 25.2. The fourth-order valence-electron chi connectivity index (χ4n) is 2.99. The highest BCUT2D eigenvalue weighted by Crippen LogP contribution is 2.35. The lowest BCUT2D eigenvalue weighted by molar-refractivity contribution is 0.00307. The first kappa shape index (κ1) is 15.3. The van der Waals surface area contributed by atoms with Crippen LogP contribution in [0.15, 0.2) is 0 Å². The molecule has 1 amide bonds. The van der Waals surface area contributed by atoms with Crippen LogP contribution in [0.4, 0.5) is 4.79 Å². The number of hydrogen-bond donors (Lipinski definition) is 0. The Balaban J connectivity index is 1.75. The second kappa shape index (κ2) is 5.22. The van der Waals surface area contributed by atoms with Crippen molar-refractivity contribution < 1.29 is 14.3 Å². The van der Waals surface area contributed by atoms with Crippen molar-refractivity contribution in [1.82, 2.24) is 19.7 Å². The van der Waals surface area contributed by atoms with Gasteiger partial charge in [-0.25, -0.2) is 4.79 Å². The van der Waals surface area contributed by atoms with Crippen molar-refractivity contribution in [3.63, 3.8) is 0 Å². The Hall–Kier alpha value is -1.63. The van der Waals surface area contributed by atoms with E-state index in [4.69, 9.17) is 9.47 Å². The summed E-state index contributed by atoms with van der Waals surface area (Å²) in [5, 5.41) is 8.59. The Labute approximate surface area is 130 Å². The van der Waals surface area contributed by atoms with Crippen LogP contribution in [0.25, 0.3) is 0 Å². The number of carbonyl (C=O) groups is 1. The molecule has 1 atom stereocenters. The summed E-state index contributed by atoms with van der Waals surface area (Å²) in [6, 6.07) is 0. The van der Waals surface area contributed by atoms with Gasteiger partial charge in [-0.15, -0.1) is 10.2 Å². The molecule has 1 aromatic rings. The summed E-state index contributed by atoms with van der Waals surface area (Å²) in [7, 11) is 0. The molecule has 22 heavy (non-hydrogen) atoms. The molecule has 7 heteroatoms. The van der Waals surface area contributed by atoms with Crippen molar-refractivity contribution in [3.8, 4) is 0 Å². The molecule has 3 rings (SSSR count). The Morgan fingerprint density at radius 3 is 2.73 bits per heavy atom. The van der Waals surface area contributed by atoms with E-state index in [9.17, 15) is 4.79 Å². The Kier molecular flexibility index (Phi) is 3.63. The molecule has 1 aromatic heterocycles. The summed E-state index contributed by atoms with van der Waals surface area (Å²) in [6.07, 6.45) is 1.70. The summed E-state index contributed by atoms with van der Waals surface area (Å²) in [5.74, 6) is 1.67. The zero-order valence-corrected chi connectivity index (χ0v) is 13.8. The van der Waals surface area contributed by atoms with Crippen LogP contribution in [0.3, 0.4) is 0 Å². The van der Waals surface area contributed by atoms with Gasteiger partial charge in [0.1, 0.15) is 11.2 Å². The molecular formula is C15H24N4O3. The van der Waals surface area contributed by atoms with Gasteiger partial charge in [-0.05, 0) is 40.5 Å². The summed E-state index contributed by atoms with van der Waals surface area (Å²) < 4.78 is 13.4. The van der Waals surface area contributed by atoms with Crippen molar-refractivity contribution in [2.24, 2.45) is 0 Å². The second-order valence-electron chi connectivity index (χ2n) is 7.18. The van der Waals surface area contributed by atoms with Crippen LogP contribution in [-0.4, -0.2) is 44.5 Å². The quantitative estimate of drug-likeness (QED) is 0.794. The Bertz CT molecular complexity index is 570. The molecule has 7 nitrogen and oxygen atoms in total. The van der Waals surface area contributed by atoms with Gasteiger partial charge in [0, 0.05) is 19.7 Å². The molecule has 0 N–H and O–H groups in total. The minimum Gasteiger partial charge on any atom is -0.444 e. The van der Waals surface area contributed by atoms with Gasteiger partial charge in [0.2, 0.25) is 0 Å². The van der Waals surface area contributed by atoms with Crippen molar-refractivity contribution in [2.45, 2.75) is 64.8 Å². The van der Waals surface area contributed by atoms with Crippen LogP contribution in [-0.2, 0) is 28.2 Å². The number of hydrogen-bond acceptors (Lipinski definition) is 5. The van der Waals surface area contributed by atoms with E-state index < -0.39 is 5.60 Å². The molecule has 0 radical (unpaired) electrons. The minimum atomic E-state index is -0.488. The Morgan fingerprint density at radius 1 is 1.32 bits per heavy atom. The number of ether oxygens (including phenoxy) is 2. The fourth-order valence-corrected chi connectivity index (χ4v) is 2.99. The molecule has 1 unspecified atom stereocenters. The van der Waals surface area contributed by atoms with Crippen LogP contribution >= 0.6 is 0 Å². The maximum Gasteiger partial charge on any atom is 0.410 e. The SMILES string of the molecule is CC(C)(C)OC(=O)N1CCn2c(nnc2C2(C)CCCO2)C1. The van der Waals surface area contributed by atoms with Gasteiger partial charge in [-0.3, -0.25) is 4.90 Å². The molecule has 1 fully saturated rings. The van der Waals surface area contributed by atoms with Gasteiger partial charge < -0.3 is 14.0 Å². The van der Waals surface area contributed by atoms with Gasteiger partial charge in [-0.1, -0.05) is 0 Å². The van der Waals surface area contributed by atoms with Crippen molar-refractivity contribution in [2.75, 3.05) is 13.2 Å². The number of amides is 1. The van der Waals surface area contributed by atoms with Gasteiger partial charge in [-0.2, -0.15) is 0 Å². The average Bonchev–Trinajstić information content (AvgIpc) is 3.02. The van der Waals surface area contributed by atoms with E-state index in [0.717, 1.165) is 31.1 Å². The van der Waals surface area contributed by atoms with Gasteiger partial charge in [0.25, 0.3) is 0 Å². The molecule has 0 spiro atoms. The summed E-state index contributed by atoms with van der Waals surface area (Å²) in [6.45, 7) is 10.1. The van der Waals surface area contributed by atoms with Gasteiger partial charge in [0.15, 0.2) is 11.6 Å². The summed E-state index contributed by atoms with van der Waals surface area (Å²) in [5.41, 5.74) is -0.835. The third-order valence-electron chi connectivity index (χ3n) is 4.10. The first-order chi connectivity index (χ1) is 10.3. The number of fused-ring (bicyclic) bond motifs is 1. The lowest BCUT2D eigenvalue weighted by Gasteiger charge is -2.31. The molecule has 1 saturated heterocycles. The zero-order chi connectivity index (χ0) is 16.0. The lowest BCUT2D eigenvalue weighted by atomic mass is 10.0. The number of nitrogens with zero attached hydrogens (tertiary/aromatic N) is 4. The van der Waals surface area contributed by atoms with Crippen LogP contribution in [0.1, 0.15) is 52.2 Å². The number of carbonyl (C=O) groups excluding carboxylic acids is 1. The third-order valence-corrected chi connectivity index (χ3v) is 4.10. The maximum atomic E-state index is 12.2. The van der Waals surface area contributed by atoms with Gasteiger partial charge >= 0.3 is 6.09 Å². The molecule has 0 aromatic carbocycles. The van der Waals surface area contributed by atoms with E-state index in [0.29, 0.717) is 19.6 Å². The van der Waals surface area contributed by atoms with E-state index in [1.807, 2.05) is 20.8 Å². The molecular weight excluding hydrogens is 284 g/mol. The maximum absolute atomic E-state index is 12.2. The predicted octanol–water partition coefficient (Wildman–Crippen LogP) is 2.05. The first-order valence-electron chi connectivity index (χ1n) is 7.83. The molecule has 0 bridgehead atoms. The van der Waals surface area contributed by atoms with Crippen LogP contribution in [0.5, 0.6) is 0 Å². The average molecular weight is 308 g/mol. The highest BCUT2D eigenvalue weighted by atomic mass is 16.6. The summed E-state index contributed by atoms with van der Waals surface area (Å²) >= 11 is 0. The van der Waals surface area contributed by atoms with Crippen molar-refractivity contribution in [1.29, 1.82) is 0 Å². The van der Waals surface area contributed by atoms with E-state index in [2.05, 4.69) is 21.7 Å².